The highest BCUT2D eigenvalue weighted by Gasteiger charge is 2.18. The summed E-state index contributed by atoms with van der Waals surface area (Å²) in [5.74, 6) is 0.0964. The van der Waals surface area contributed by atoms with Crippen LogP contribution in [0.2, 0.25) is 0 Å². The normalized spacial score (nSPS) is 11.8. The number of ether oxygens (including phenoxy) is 3. The van der Waals surface area contributed by atoms with Gasteiger partial charge in [-0.05, 0) is 25.1 Å². The number of fused-ring (bicyclic) bond motifs is 1. The fourth-order valence-electron chi connectivity index (χ4n) is 2.79. The molecule has 0 radical (unpaired) electrons. The number of carbonyl (C=O) groups excluding carboxylic acids is 3. The van der Waals surface area contributed by atoms with Crippen molar-refractivity contribution < 1.29 is 28.6 Å². The molecule has 4 rings (SSSR count). The molecule has 3 aromatic rings. The van der Waals surface area contributed by atoms with Crippen LogP contribution in [0.15, 0.2) is 29.0 Å². The summed E-state index contributed by atoms with van der Waals surface area (Å²) in [5, 5.41) is 9.55. The molecule has 0 bridgehead atoms. The van der Waals surface area contributed by atoms with Gasteiger partial charge in [0, 0.05) is 16.3 Å². The third-order valence-corrected chi connectivity index (χ3v) is 5.79. The Balaban J connectivity index is 1.29. The lowest BCUT2D eigenvalue weighted by atomic mass is 10.2. The lowest BCUT2D eigenvalue weighted by molar-refractivity contribution is -0.142. The van der Waals surface area contributed by atoms with E-state index in [9.17, 15) is 14.4 Å². The van der Waals surface area contributed by atoms with Gasteiger partial charge in [-0.1, -0.05) is 0 Å². The number of benzene rings is 1. The molecular weight excluding hydrogens is 456 g/mol. The van der Waals surface area contributed by atoms with E-state index >= 15 is 0 Å². The molecule has 0 saturated heterocycles. The first kappa shape index (κ1) is 21.7. The number of nitrogens with zero attached hydrogens (tertiary/aromatic N) is 2. The smallest absolute Gasteiger partial charge is 0.311 e. The summed E-state index contributed by atoms with van der Waals surface area (Å²) in [5.41, 5.74) is 1.45. The zero-order chi connectivity index (χ0) is 22.5. The van der Waals surface area contributed by atoms with E-state index in [1.165, 1.54) is 22.7 Å². The van der Waals surface area contributed by atoms with Crippen LogP contribution in [0.1, 0.15) is 28.7 Å². The monoisotopic (exact) mass is 474 g/mol. The summed E-state index contributed by atoms with van der Waals surface area (Å²) < 4.78 is 15.4. The van der Waals surface area contributed by atoms with Crippen LogP contribution in [0.5, 0.6) is 11.5 Å². The van der Waals surface area contributed by atoms with E-state index in [4.69, 9.17) is 14.2 Å². The Morgan fingerprint density at radius 3 is 2.44 bits per heavy atom. The van der Waals surface area contributed by atoms with Gasteiger partial charge in [0.15, 0.2) is 21.8 Å². The number of anilines is 2. The maximum absolute atomic E-state index is 12.4. The maximum atomic E-state index is 12.4. The van der Waals surface area contributed by atoms with Crippen molar-refractivity contribution in [1.29, 1.82) is 0 Å². The van der Waals surface area contributed by atoms with Crippen LogP contribution in [-0.4, -0.2) is 41.2 Å². The van der Waals surface area contributed by atoms with E-state index in [0.29, 0.717) is 45.3 Å². The van der Waals surface area contributed by atoms with Crippen LogP contribution in [0, 0.1) is 0 Å². The Morgan fingerprint density at radius 1 is 1.00 bits per heavy atom. The first-order valence-corrected chi connectivity index (χ1v) is 11.3. The van der Waals surface area contributed by atoms with Crippen LogP contribution >= 0.6 is 22.7 Å². The summed E-state index contributed by atoms with van der Waals surface area (Å²) >= 11 is 2.44. The molecule has 2 N–H and O–H groups in total. The summed E-state index contributed by atoms with van der Waals surface area (Å²) in [6.07, 6.45) is 0.0713. The molecule has 1 aromatic carbocycles. The molecule has 1 aliphatic heterocycles. The molecule has 12 heteroatoms. The Labute approximate surface area is 190 Å². The molecule has 166 valence electrons. The first-order valence-electron chi connectivity index (χ1n) is 9.55. The van der Waals surface area contributed by atoms with Crippen LogP contribution in [0.4, 0.5) is 10.3 Å². The predicted octanol–water partition coefficient (Wildman–Crippen LogP) is 2.87. The van der Waals surface area contributed by atoms with Crippen molar-refractivity contribution in [2.45, 2.75) is 19.8 Å². The zero-order valence-corrected chi connectivity index (χ0v) is 18.5. The largest absolute Gasteiger partial charge is 0.466 e. The van der Waals surface area contributed by atoms with Crippen molar-refractivity contribution in [1.82, 2.24) is 9.97 Å². The first-order chi connectivity index (χ1) is 15.5. The second kappa shape index (κ2) is 9.75. The lowest BCUT2D eigenvalue weighted by Gasteiger charge is -2.03. The van der Waals surface area contributed by atoms with Crippen LogP contribution in [0.3, 0.4) is 0 Å². The number of carbonyl (C=O) groups is 3. The Bertz CT molecular complexity index is 1160. The van der Waals surface area contributed by atoms with Gasteiger partial charge in [0.1, 0.15) is 0 Å². The molecule has 0 atom stereocenters. The summed E-state index contributed by atoms with van der Waals surface area (Å²) in [6.45, 7) is 2.17. The van der Waals surface area contributed by atoms with Crippen molar-refractivity contribution >= 4 is 50.7 Å². The van der Waals surface area contributed by atoms with Crippen LogP contribution in [-0.2, 0) is 27.2 Å². The Kier molecular flexibility index (Phi) is 6.61. The van der Waals surface area contributed by atoms with E-state index in [1.807, 2.05) is 0 Å². The fourth-order valence-corrected chi connectivity index (χ4v) is 4.22. The lowest BCUT2D eigenvalue weighted by Crippen LogP contribution is -2.15. The molecule has 0 unspecified atom stereocenters. The SMILES string of the molecule is CCOC(=O)Cc1csc(NC(=O)Cc2csc(NC(=O)c3ccc4c(c3)OCO4)n2)n1. The number of rotatable bonds is 8. The predicted molar refractivity (Wildman–Crippen MR) is 117 cm³/mol. The van der Waals surface area contributed by atoms with Gasteiger partial charge in [-0.3, -0.25) is 19.7 Å². The molecule has 3 heterocycles. The second-order valence-electron chi connectivity index (χ2n) is 6.52. The standard InChI is InChI=1S/C20H18N4O6S2/c1-2-28-17(26)7-13-9-31-19(22-13)23-16(25)6-12-8-32-20(21-12)24-18(27)11-3-4-14-15(5-11)30-10-29-14/h3-5,8-9H,2,6-7,10H2,1H3,(H,21,24,27)(H,22,23,25). The number of hydrogen-bond acceptors (Lipinski definition) is 10. The third kappa shape index (κ3) is 5.39. The van der Waals surface area contributed by atoms with Gasteiger partial charge < -0.3 is 19.5 Å². The minimum atomic E-state index is -0.367. The average molecular weight is 475 g/mol. The Hall–Kier alpha value is -3.51. The molecule has 0 saturated carbocycles. The van der Waals surface area contributed by atoms with Crippen molar-refractivity contribution in [2.24, 2.45) is 0 Å². The average Bonchev–Trinajstić information content (AvgIpc) is 3.49. The minimum Gasteiger partial charge on any atom is -0.466 e. The summed E-state index contributed by atoms with van der Waals surface area (Å²) in [4.78, 5) is 44.7. The van der Waals surface area contributed by atoms with E-state index in [2.05, 4.69) is 20.6 Å². The van der Waals surface area contributed by atoms with Gasteiger partial charge in [-0.25, -0.2) is 9.97 Å². The number of nitrogens with one attached hydrogen (secondary N) is 2. The number of aromatic nitrogens is 2. The highest BCUT2D eigenvalue weighted by Crippen LogP contribution is 2.32. The van der Waals surface area contributed by atoms with Crippen molar-refractivity contribution in [2.75, 3.05) is 24.0 Å². The zero-order valence-electron chi connectivity index (χ0n) is 16.9. The van der Waals surface area contributed by atoms with Gasteiger partial charge in [0.25, 0.3) is 5.91 Å². The van der Waals surface area contributed by atoms with E-state index in [0.717, 1.165) is 0 Å². The van der Waals surface area contributed by atoms with Gasteiger partial charge in [0.2, 0.25) is 12.7 Å². The number of amides is 2. The van der Waals surface area contributed by atoms with Crippen molar-refractivity contribution in [3.8, 4) is 11.5 Å². The van der Waals surface area contributed by atoms with Crippen LogP contribution < -0.4 is 20.1 Å². The Morgan fingerprint density at radius 2 is 1.69 bits per heavy atom. The molecule has 10 nitrogen and oxygen atoms in total. The third-order valence-electron chi connectivity index (χ3n) is 4.18. The number of hydrogen-bond donors (Lipinski definition) is 2. The van der Waals surface area contributed by atoms with Gasteiger partial charge >= 0.3 is 5.97 Å². The highest BCUT2D eigenvalue weighted by atomic mass is 32.1. The second-order valence-corrected chi connectivity index (χ2v) is 8.23. The number of esters is 1. The maximum Gasteiger partial charge on any atom is 0.311 e. The highest BCUT2D eigenvalue weighted by molar-refractivity contribution is 7.14. The molecule has 2 amide bonds. The van der Waals surface area contributed by atoms with E-state index in [1.54, 1.807) is 35.9 Å². The van der Waals surface area contributed by atoms with Gasteiger partial charge in [-0.2, -0.15) is 0 Å². The van der Waals surface area contributed by atoms with E-state index in [-0.39, 0.29) is 37.4 Å². The molecule has 0 aliphatic carbocycles. The number of thiazole rings is 2. The molecule has 32 heavy (non-hydrogen) atoms. The van der Waals surface area contributed by atoms with Crippen LogP contribution in [0.25, 0.3) is 0 Å². The van der Waals surface area contributed by atoms with Gasteiger partial charge in [0.05, 0.1) is 30.8 Å². The quantitative estimate of drug-likeness (QED) is 0.477. The van der Waals surface area contributed by atoms with Crippen molar-refractivity contribution in [3.63, 3.8) is 0 Å². The molecule has 1 aliphatic rings. The van der Waals surface area contributed by atoms with Crippen molar-refractivity contribution in [3.05, 3.63) is 45.9 Å². The minimum absolute atomic E-state index is 0.0170. The molecule has 0 fully saturated rings. The molecule has 0 spiro atoms. The summed E-state index contributed by atoms with van der Waals surface area (Å²) in [7, 11) is 0. The topological polar surface area (TPSA) is 129 Å². The molecule has 2 aromatic heterocycles. The fraction of sp³-hybridized carbons (Fsp3) is 0.250. The molecular formula is C20H18N4O6S2. The van der Waals surface area contributed by atoms with E-state index < -0.39 is 0 Å². The summed E-state index contributed by atoms with van der Waals surface area (Å²) in [6, 6.07) is 4.91. The van der Waals surface area contributed by atoms with Gasteiger partial charge in [-0.15, -0.1) is 22.7 Å².